The van der Waals surface area contributed by atoms with Gasteiger partial charge in [-0.15, -0.1) is 0 Å². The van der Waals surface area contributed by atoms with Crippen molar-refractivity contribution in [2.75, 3.05) is 25.0 Å². The second kappa shape index (κ2) is 8.37. The van der Waals surface area contributed by atoms with E-state index in [0.717, 1.165) is 49.4 Å². The minimum atomic E-state index is -0.119. The van der Waals surface area contributed by atoms with E-state index in [1.807, 2.05) is 26.0 Å². The molecule has 0 saturated carbocycles. The first-order valence-electron chi connectivity index (χ1n) is 9.39. The number of anilines is 1. The summed E-state index contributed by atoms with van der Waals surface area (Å²) in [6, 6.07) is 14.7. The van der Waals surface area contributed by atoms with Gasteiger partial charge in [-0.2, -0.15) is 0 Å². The van der Waals surface area contributed by atoms with Crippen molar-refractivity contribution in [1.82, 2.24) is 10.2 Å². The first-order valence-corrected chi connectivity index (χ1v) is 9.39. The maximum atomic E-state index is 12.2. The average molecular weight is 351 g/mol. The molecule has 0 aromatic heterocycles. The van der Waals surface area contributed by atoms with Gasteiger partial charge in [0.2, 0.25) is 0 Å². The van der Waals surface area contributed by atoms with Crippen LogP contribution in [0.25, 0.3) is 0 Å². The van der Waals surface area contributed by atoms with Crippen molar-refractivity contribution in [1.29, 1.82) is 0 Å². The van der Waals surface area contributed by atoms with E-state index in [2.05, 4.69) is 52.8 Å². The number of aryl methyl sites for hydroxylation is 3. The van der Waals surface area contributed by atoms with E-state index in [1.165, 1.54) is 11.1 Å². The number of likely N-dealkylation sites (tertiary alicyclic amines) is 1. The van der Waals surface area contributed by atoms with Crippen LogP contribution in [-0.4, -0.2) is 30.6 Å². The van der Waals surface area contributed by atoms with E-state index in [0.29, 0.717) is 5.92 Å². The Bertz CT molecular complexity index is 734. The summed E-state index contributed by atoms with van der Waals surface area (Å²) < 4.78 is 0. The highest BCUT2D eigenvalue weighted by molar-refractivity contribution is 5.89. The minimum Gasteiger partial charge on any atom is -0.338 e. The molecule has 1 aliphatic heterocycles. The fourth-order valence-electron chi connectivity index (χ4n) is 3.63. The van der Waals surface area contributed by atoms with E-state index in [9.17, 15) is 4.79 Å². The highest BCUT2D eigenvalue weighted by atomic mass is 16.2. The summed E-state index contributed by atoms with van der Waals surface area (Å²) in [5, 5.41) is 5.97. The monoisotopic (exact) mass is 351 g/mol. The van der Waals surface area contributed by atoms with Crippen molar-refractivity contribution in [3.05, 3.63) is 64.7 Å². The summed E-state index contributed by atoms with van der Waals surface area (Å²) in [7, 11) is 0. The normalized spacial score (nSPS) is 17.3. The van der Waals surface area contributed by atoms with Crippen LogP contribution in [-0.2, 0) is 6.54 Å². The van der Waals surface area contributed by atoms with Crippen molar-refractivity contribution < 1.29 is 4.79 Å². The molecule has 2 aromatic carbocycles. The number of amides is 2. The van der Waals surface area contributed by atoms with Gasteiger partial charge in [0.1, 0.15) is 0 Å². The number of hydrogen-bond donors (Lipinski definition) is 2. The number of carbonyl (C=O) groups is 1. The van der Waals surface area contributed by atoms with Crippen molar-refractivity contribution in [2.45, 2.75) is 33.7 Å². The van der Waals surface area contributed by atoms with E-state index < -0.39 is 0 Å². The van der Waals surface area contributed by atoms with Crippen LogP contribution >= 0.6 is 0 Å². The molecule has 0 aliphatic carbocycles. The zero-order valence-corrected chi connectivity index (χ0v) is 16.0. The molecule has 0 radical (unpaired) electrons. The Morgan fingerprint density at radius 3 is 2.42 bits per heavy atom. The lowest BCUT2D eigenvalue weighted by Crippen LogP contribution is -2.34. The summed E-state index contributed by atoms with van der Waals surface area (Å²) in [6.07, 6.45) is 1.13. The molecule has 2 N–H and O–H groups in total. The van der Waals surface area contributed by atoms with Crippen LogP contribution in [0.15, 0.2) is 42.5 Å². The van der Waals surface area contributed by atoms with Gasteiger partial charge >= 0.3 is 6.03 Å². The molecule has 0 bridgehead atoms. The van der Waals surface area contributed by atoms with Gasteiger partial charge < -0.3 is 10.6 Å². The van der Waals surface area contributed by atoms with Gasteiger partial charge in [-0.1, -0.05) is 35.9 Å². The van der Waals surface area contributed by atoms with E-state index in [-0.39, 0.29) is 6.03 Å². The van der Waals surface area contributed by atoms with Crippen LogP contribution in [0.4, 0.5) is 10.5 Å². The molecule has 1 aliphatic rings. The Labute approximate surface area is 156 Å². The largest absolute Gasteiger partial charge is 0.338 e. The number of nitrogens with zero attached hydrogens (tertiary/aromatic N) is 1. The first kappa shape index (κ1) is 18.5. The van der Waals surface area contributed by atoms with E-state index in [1.54, 1.807) is 0 Å². The second-order valence-electron chi connectivity index (χ2n) is 7.59. The third-order valence-corrected chi connectivity index (χ3v) is 4.93. The van der Waals surface area contributed by atoms with Crippen LogP contribution in [0.5, 0.6) is 0 Å². The molecule has 0 spiro atoms. The SMILES string of the molecule is Cc1ccc(CN2CC[C@@H](CNC(=O)Nc3cc(C)cc(C)c3)C2)cc1. The molecule has 1 atom stereocenters. The number of nitrogens with one attached hydrogen (secondary N) is 2. The van der Waals surface area contributed by atoms with Crippen LogP contribution < -0.4 is 10.6 Å². The molecule has 1 saturated heterocycles. The molecule has 138 valence electrons. The maximum absolute atomic E-state index is 12.2. The molecule has 2 aromatic rings. The summed E-state index contributed by atoms with van der Waals surface area (Å²) in [4.78, 5) is 14.6. The van der Waals surface area contributed by atoms with Crippen LogP contribution in [0.1, 0.15) is 28.7 Å². The Morgan fingerprint density at radius 1 is 1.04 bits per heavy atom. The summed E-state index contributed by atoms with van der Waals surface area (Å²) >= 11 is 0. The van der Waals surface area contributed by atoms with Gasteiger partial charge in [-0.25, -0.2) is 4.79 Å². The molecule has 26 heavy (non-hydrogen) atoms. The Hall–Kier alpha value is -2.33. The quantitative estimate of drug-likeness (QED) is 0.845. The highest BCUT2D eigenvalue weighted by Gasteiger charge is 2.22. The Kier molecular flexibility index (Phi) is 5.94. The molecule has 3 rings (SSSR count). The van der Waals surface area contributed by atoms with E-state index >= 15 is 0 Å². The molecule has 0 unspecified atom stereocenters. The topological polar surface area (TPSA) is 44.4 Å². The van der Waals surface area contributed by atoms with Gasteiger partial charge in [0.05, 0.1) is 0 Å². The number of benzene rings is 2. The summed E-state index contributed by atoms with van der Waals surface area (Å²) in [6.45, 7) is 10.0. The van der Waals surface area contributed by atoms with Crippen LogP contribution in [0.3, 0.4) is 0 Å². The number of carbonyl (C=O) groups excluding carboxylic acids is 1. The van der Waals surface area contributed by atoms with Gasteiger partial charge in [-0.05, 0) is 68.5 Å². The molecule has 4 heteroatoms. The third kappa shape index (κ3) is 5.33. The standard InChI is InChI=1S/C22H29N3O/c1-16-4-6-19(7-5-16)14-25-9-8-20(15-25)13-23-22(26)24-21-11-17(2)10-18(3)12-21/h4-7,10-12,20H,8-9,13-15H2,1-3H3,(H2,23,24,26)/t20-/m0/s1. The smallest absolute Gasteiger partial charge is 0.319 e. The van der Waals surface area contributed by atoms with Gasteiger partial charge in [0.15, 0.2) is 0 Å². The summed E-state index contributed by atoms with van der Waals surface area (Å²) in [5.74, 6) is 0.519. The zero-order valence-electron chi connectivity index (χ0n) is 16.0. The molecular weight excluding hydrogens is 322 g/mol. The van der Waals surface area contributed by atoms with E-state index in [4.69, 9.17) is 0 Å². The fraction of sp³-hybridized carbons (Fsp3) is 0.409. The fourth-order valence-corrected chi connectivity index (χ4v) is 3.63. The number of rotatable bonds is 5. The van der Waals surface area contributed by atoms with Crippen molar-refractivity contribution >= 4 is 11.7 Å². The molecule has 1 heterocycles. The molecule has 1 fully saturated rings. The van der Waals surface area contributed by atoms with Gasteiger partial charge in [-0.3, -0.25) is 4.90 Å². The first-order chi connectivity index (χ1) is 12.5. The van der Waals surface area contributed by atoms with Gasteiger partial charge in [0.25, 0.3) is 0 Å². The third-order valence-electron chi connectivity index (χ3n) is 4.93. The van der Waals surface area contributed by atoms with Crippen molar-refractivity contribution in [3.8, 4) is 0 Å². The van der Waals surface area contributed by atoms with Crippen molar-refractivity contribution in [2.24, 2.45) is 5.92 Å². The predicted octanol–water partition coefficient (Wildman–Crippen LogP) is 4.26. The predicted molar refractivity (Wildman–Crippen MR) is 108 cm³/mol. The number of urea groups is 1. The molecular formula is C22H29N3O. The zero-order chi connectivity index (χ0) is 18.5. The lowest BCUT2D eigenvalue weighted by Gasteiger charge is -2.17. The maximum Gasteiger partial charge on any atom is 0.319 e. The number of hydrogen-bond acceptors (Lipinski definition) is 2. The lowest BCUT2D eigenvalue weighted by atomic mass is 10.1. The van der Waals surface area contributed by atoms with Crippen LogP contribution in [0.2, 0.25) is 0 Å². The van der Waals surface area contributed by atoms with Crippen molar-refractivity contribution in [3.63, 3.8) is 0 Å². The Balaban J connectivity index is 1.42. The second-order valence-corrected chi connectivity index (χ2v) is 7.59. The highest BCUT2D eigenvalue weighted by Crippen LogP contribution is 2.19. The lowest BCUT2D eigenvalue weighted by molar-refractivity contribution is 0.249. The molecule has 4 nitrogen and oxygen atoms in total. The van der Waals surface area contributed by atoms with Crippen LogP contribution in [0, 0.1) is 26.7 Å². The van der Waals surface area contributed by atoms with Gasteiger partial charge in [0, 0.05) is 25.3 Å². The average Bonchev–Trinajstić information content (AvgIpc) is 3.02. The minimum absolute atomic E-state index is 0.119. The summed E-state index contributed by atoms with van der Waals surface area (Å²) in [5.41, 5.74) is 5.82. The Morgan fingerprint density at radius 2 is 1.73 bits per heavy atom. The molecule has 2 amide bonds.